The molecule has 0 saturated heterocycles. The summed E-state index contributed by atoms with van der Waals surface area (Å²) in [5.41, 5.74) is 25.6. The van der Waals surface area contributed by atoms with Crippen molar-refractivity contribution in [2.75, 3.05) is 73.4 Å². The zero-order valence-corrected chi connectivity index (χ0v) is 27.7. The molecule has 43 heavy (non-hydrogen) atoms. The molecule has 0 radical (unpaired) electrons. The molecule has 232 valence electrons. The molecule has 12 heteroatoms. The number of aliphatic imine (C=N–C) groups is 1. The molecule has 0 spiro atoms. The lowest BCUT2D eigenvalue weighted by Gasteiger charge is -2.08. The van der Waals surface area contributed by atoms with Crippen molar-refractivity contribution >= 4 is 39.0 Å². The number of hydrogen-bond acceptors (Lipinski definition) is 9. The monoisotopic (exact) mass is 651 g/mol. The first-order chi connectivity index (χ1) is 20.3. The van der Waals surface area contributed by atoms with Crippen molar-refractivity contribution in [1.29, 1.82) is 0 Å². The predicted molar refractivity (Wildman–Crippen MR) is 184 cm³/mol. The molecule has 0 saturated carbocycles. The second-order valence-corrected chi connectivity index (χ2v) is 10.8. The summed E-state index contributed by atoms with van der Waals surface area (Å²) in [6, 6.07) is 5.57. The number of nitrogen functional groups attached to an aromatic ring is 2. The van der Waals surface area contributed by atoms with E-state index in [0.29, 0.717) is 17.1 Å². The fraction of sp³-hybridized carbons (Fsp3) is 0.355. The highest BCUT2D eigenvalue weighted by atomic mass is 79.9. The van der Waals surface area contributed by atoms with Gasteiger partial charge in [0.05, 0.1) is 36.3 Å². The average molecular weight is 653 g/mol. The van der Waals surface area contributed by atoms with Gasteiger partial charge in [0.25, 0.3) is 0 Å². The van der Waals surface area contributed by atoms with Gasteiger partial charge in [0, 0.05) is 41.0 Å². The summed E-state index contributed by atoms with van der Waals surface area (Å²) < 4.78 is 0.914. The van der Waals surface area contributed by atoms with Crippen LogP contribution in [0.2, 0.25) is 0 Å². The van der Waals surface area contributed by atoms with E-state index >= 15 is 0 Å². The third-order valence-electron chi connectivity index (χ3n) is 4.63. The number of halogens is 1. The molecule has 0 aliphatic carbocycles. The van der Waals surface area contributed by atoms with Gasteiger partial charge in [-0.05, 0) is 101 Å². The van der Waals surface area contributed by atoms with E-state index in [1.165, 1.54) is 0 Å². The number of guanidine groups is 1. The Balaban J connectivity index is 0.000000584. The van der Waals surface area contributed by atoms with E-state index in [1.54, 1.807) is 37.1 Å². The van der Waals surface area contributed by atoms with E-state index in [1.807, 2.05) is 56.3 Å². The number of terminal acetylenes is 1. The Morgan fingerprint density at radius 3 is 1.88 bits per heavy atom. The topological polar surface area (TPSA) is 165 Å². The number of nitrogens with zero attached hydrogens (tertiary/aromatic N) is 7. The zero-order chi connectivity index (χ0) is 32.6. The van der Waals surface area contributed by atoms with Gasteiger partial charge in [-0.1, -0.05) is 17.8 Å². The highest BCUT2D eigenvalue weighted by Gasteiger charge is 1.98. The molecule has 3 heterocycles. The summed E-state index contributed by atoms with van der Waals surface area (Å²) in [4.78, 5) is 21.9. The summed E-state index contributed by atoms with van der Waals surface area (Å²) in [7, 11) is 12.0. The first-order valence-corrected chi connectivity index (χ1v) is 14.1. The van der Waals surface area contributed by atoms with Gasteiger partial charge in [0.15, 0.2) is 5.96 Å². The van der Waals surface area contributed by atoms with Crippen LogP contribution in [0, 0.1) is 24.2 Å². The minimum absolute atomic E-state index is 0.0623. The molecule has 0 aliphatic heterocycles. The third-order valence-corrected chi connectivity index (χ3v) is 5.06. The molecule has 3 aromatic rings. The number of hydrogen-bond donors (Lipinski definition) is 4. The molecular formula is C31H46BrN11. The van der Waals surface area contributed by atoms with Crippen LogP contribution in [0.4, 0.5) is 17.1 Å². The van der Waals surface area contributed by atoms with Crippen LogP contribution in [0.25, 0.3) is 0 Å². The van der Waals surface area contributed by atoms with Crippen molar-refractivity contribution in [3.8, 4) is 24.2 Å². The Bertz CT molecular complexity index is 1300. The minimum atomic E-state index is 0.0623. The van der Waals surface area contributed by atoms with Gasteiger partial charge < -0.3 is 27.8 Å². The molecule has 8 N–H and O–H groups in total. The van der Waals surface area contributed by atoms with Crippen LogP contribution in [0.15, 0.2) is 64.8 Å². The first kappa shape index (κ1) is 38.8. The fourth-order valence-corrected chi connectivity index (χ4v) is 3.24. The number of rotatable bonds is 7. The molecule has 0 unspecified atom stereocenters. The zero-order valence-electron chi connectivity index (χ0n) is 26.1. The van der Waals surface area contributed by atoms with Crippen LogP contribution >= 0.6 is 15.9 Å². The van der Waals surface area contributed by atoms with E-state index in [9.17, 15) is 0 Å². The molecular weight excluding hydrogens is 606 g/mol. The van der Waals surface area contributed by atoms with Gasteiger partial charge in [-0.3, -0.25) is 24.8 Å². The van der Waals surface area contributed by atoms with E-state index in [4.69, 9.17) is 29.4 Å². The van der Waals surface area contributed by atoms with Crippen LogP contribution in [0.1, 0.15) is 17.5 Å². The lowest BCUT2D eigenvalue weighted by atomic mass is 10.1. The predicted octanol–water partition coefficient (Wildman–Crippen LogP) is 2.67. The van der Waals surface area contributed by atoms with Crippen molar-refractivity contribution in [2.24, 2.45) is 16.5 Å². The lowest BCUT2D eigenvalue weighted by Crippen LogP contribution is -2.21. The largest absolute Gasteiger partial charge is 0.397 e. The van der Waals surface area contributed by atoms with E-state index in [0.717, 1.165) is 48.1 Å². The molecule has 0 atom stereocenters. The third kappa shape index (κ3) is 24.1. The summed E-state index contributed by atoms with van der Waals surface area (Å²) in [6.45, 7) is 2.54. The molecule has 0 amide bonds. The second kappa shape index (κ2) is 23.4. The maximum absolute atomic E-state index is 5.55. The van der Waals surface area contributed by atoms with Gasteiger partial charge in [-0.15, -0.1) is 6.42 Å². The molecule has 0 aromatic carbocycles. The molecule has 3 aromatic heterocycles. The van der Waals surface area contributed by atoms with Gasteiger partial charge in [-0.2, -0.15) is 0 Å². The van der Waals surface area contributed by atoms with Gasteiger partial charge in [-0.25, -0.2) is 4.99 Å². The maximum atomic E-state index is 5.55. The van der Waals surface area contributed by atoms with Gasteiger partial charge >= 0.3 is 0 Å². The Morgan fingerprint density at radius 2 is 1.42 bits per heavy atom. The lowest BCUT2D eigenvalue weighted by molar-refractivity contribution is 0.400. The van der Waals surface area contributed by atoms with E-state index in [-0.39, 0.29) is 5.96 Å². The summed E-state index contributed by atoms with van der Waals surface area (Å²) in [5.74, 6) is 8.55. The Morgan fingerprint density at radius 1 is 0.814 bits per heavy atom. The molecule has 0 bridgehead atoms. The van der Waals surface area contributed by atoms with Crippen molar-refractivity contribution in [3.63, 3.8) is 0 Å². The number of nitrogens with two attached hydrogens (primary N) is 4. The van der Waals surface area contributed by atoms with Crippen LogP contribution in [-0.4, -0.2) is 97.5 Å². The van der Waals surface area contributed by atoms with Crippen LogP contribution in [0.3, 0.4) is 0 Å². The number of aryl methyl sites for hydroxylation is 1. The van der Waals surface area contributed by atoms with Crippen LogP contribution in [0.5, 0.6) is 0 Å². The molecule has 0 fully saturated rings. The Kier molecular flexibility index (Phi) is 21.1. The standard InChI is InChI=1S/C11H19N5.C10H13N3.C5H5BrN2.C5H9N/c1-16(2)5-3-4-9-6-10(8-14-7-9)15-11(12)13;1-13(2)5-3-4-9-6-10(11)8-12-7-9;6-4-1-5(7)3-8-2-4;1-4-5-6(2)3/h6-8H,3-5H2,1-2H3,(H4,12,13,15);6-8H,5,11H2,1-2H3;1-3H,7H2;1H,5H2,2-3H3. The van der Waals surface area contributed by atoms with Crippen molar-refractivity contribution < 1.29 is 0 Å². The second-order valence-electron chi connectivity index (χ2n) is 9.92. The SMILES string of the molecule is C#CCN(C)C.CN(C)CC#Cc1cncc(N)c1.CN(C)CCCc1cncc(N=C(N)N)c1.Nc1cncc(Br)c1. The molecule has 11 nitrogen and oxygen atoms in total. The maximum Gasteiger partial charge on any atom is 0.191 e. The first-order valence-electron chi connectivity index (χ1n) is 13.3. The van der Waals surface area contributed by atoms with Gasteiger partial charge in [0.2, 0.25) is 0 Å². The average Bonchev–Trinajstić information content (AvgIpc) is 2.89. The number of aromatic nitrogens is 3. The van der Waals surface area contributed by atoms with E-state index in [2.05, 4.69) is 72.6 Å². The molecule has 3 rings (SSSR count). The van der Waals surface area contributed by atoms with E-state index < -0.39 is 0 Å². The quantitative estimate of drug-likeness (QED) is 0.169. The molecule has 0 aliphatic rings. The number of anilines is 2. The Hall–Kier alpha value is -4.20. The minimum Gasteiger partial charge on any atom is -0.397 e. The summed E-state index contributed by atoms with van der Waals surface area (Å²) >= 11 is 3.22. The summed E-state index contributed by atoms with van der Waals surface area (Å²) in [5, 5.41) is 0. The Labute approximate surface area is 265 Å². The van der Waals surface area contributed by atoms with Crippen LogP contribution < -0.4 is 22.9 Å². The van der Waals surface area contributed by atoms with Gasteiger partial charge in [0.1, 0.15) is 0 Å². The smallest absolute Gasteiger partial charge is 0.191 e. The highest BCUT2D eigenvalue weighted by Crippen LogP contribution is 2.13. The summed E-state index contributed by atoms with van der Waals surface area (Å²) in [6.07, 6.45) is 17.1. The number of pyridine rings is 3. The van der Waals surface area contributed by atoms with Crippen molar-refractivity contribution in [2.45, 2.75) is 12.8 Å². The van der Waals surface area contributed by atoms with Crippen molar-refractivity contribution in [1.82, 2.24) is 29.7 Å². The fourth-order valence-electron chi connectivity index (χ4n) is 2.86. The highest BCUT2D eigenvalue weighted by molar-refractivity contribution is 9.10. The normalized spacial score (nSPS) is 9.60. The van der Waals surface area contributed by atoms with Crippen molar-refractivity contribution in [3.05, 3.63) is 71.0 Å². The van der Waals surface area contributed by atoms with Crippen LogP contribution in [-0.2, 0) is 6.42 Å².